The van der Waals surface area contributed by atoms with Crippen LogP contribution in [0.5, 0.6) is 11.5 Å². The Hall–Kier alpha value is -2.04. The summed E-state index contributed by atoms with van der Waals surface area (Å²) in [6.07, 6.45) is 0. The summed E-state index contributed by atoms with van der Waals surface area (Å²) in [6.45, 7) is 1.23. The minimum atomic E-state index is -1.09. The third-order valence-electron chi connectivity index (χ3n) is 1.66. The molecule has 0 aliphatic carbocycles. The molecule has 0 amide bonds. The summed E-state index contributed by atoms with van der Waals surface area (Å²) < 4.78 is 9.71. The van der Waals surface area contributed by atoms with Crippen molar-refractivity contribution < 1.29 is 24.2 Å². The SMILES string of the molecule is COc1ccc(C(=O)O)cc1OC(C)=O. The first-order valence-electron chi connectivity index (χ1n) is 4.14. The summed E-state index contributed by atoms with van der Waals surface area (Å²) >= 11 is 0. The molecular formula is C10H10O5. The van der Waals surface area contributed by atoms with Gasteiger partial charge in [0.15, 0.2) is 11.5 Å². The highest BCUT2D eigenvalue weighted by Gasteiger charge is 2.11. The number of carbonyl (C=O) groups excluding carboxylic acids is 1. The molecule has 15 heavy (non-hydrogen) atoms. The summed E-state index contributed by atoms with van der Waals surface area (Å²) in [5, 5.41) is 8.73. The van der Waals surface area contributed by atoms with Gasteiger partial charge in [0.05, 0.1) is 12.7 Å². The smallest absolute Gasteiger partial charge is 0.335 e. The normalized spacial score (nSPS) is 9.47. The molecule has 0 spiro atoms. The number of ether oxygens (including phenoxy) is 2. The quantitative estimate of drug-likeness (QED) is 0.601. The molecular weight excluding hydrogens is 200 g/mol. The zero-order valence-electron chi connectivity index (χ0n) is 8.31. The second kappa shape index (κ2) is 4.45. The number of hydrogen-bond donors (Lipinski definition) is 1. The predicted octanol–water partition coefficient (Wildman–Crippen LogP) is 1.32. The summed E-state index contributed by atoms with van der Waals surface area (Å²) in [6, 6.07) is 4.04. The molecule has 0 unspecified atom stereocenters. The van der Waals surface area contributed by atoms with Crippen LogP contribution in [0.3, 0.4) is 0 Å². The van der Waals surface area contributed by atoms with Gasteiger partial charge in [-0.1, -0.05) is 0 Å². The number of aromatic carboxylic acids is 1. The fourth-order valence-corrected chi connectivity index (χ4v) is 1.04. The van der Waals surface area contributed by atoms with Crippen LogP contribution in [-0.4, -0.2) is 24.2 Å². The van der Waals surface area contributed by atoms with Crippen molar-refractivity contribution in [1.29, 1.82) is 0 Å². The minimum Gasteiger partial charge on any atom is -0.493 e. The van der Waals surface area contributed by atoms with Crippen LogP contribution >= 0.6 is 0 Å². The molecule has 0 atom stereocenters. The van der Waals surface area contributed by atoms with Crippen molar-refractivity contribution in [3.05, 3.63) is 23.8 Å². The van der Waals surface area contributed by atoms with E-state index in [-0.39, 0.29) is 11.3 Å². The molecule has 1 N–H and O–H groups in total. The minimum absolute atomic E-state index is 0.0343. The standard InChI is InChI=1S/C10H10O5/c1-6(11)15-9-5-7(10(12)13)3-4-8(9)14-2/h3-5H,1-2H3,(H,12,13). The molecule has 0 heterocycles. The molecule has 5 heteroatoms. The average Bonchev–Trinajstić information content (AvgIpc) is 2.16. The van der Waals surface area contributed by atoms with Gasteiger partial charge in [0.2, 0.25) is 0 Å². The van der Waals surface area contributed by atoms with Crippen LogP contribution in [0.15, 0.2) is 18.2 Å². The van der Waals surface area contributed by atoms with Gasteiger partial charge in [0, 0.05) is 6.92 Å². The van der Waals surface area contributed by atoms with Gasteiger partial charge >= 0.3 is 11.9 Å². The Labute approximate surface area is 86.2 Å². The van der Waals surface area contributed by atoms with E-state index in [0.717, 1.165) is 0 Å². The molecule has 1 aromatic carbocycles. The van der Waals surface area contributed by atoms with Crippen molar-refractivity contribution in [2.45, 2.75) is 6.92 Å². The molecule has 0 saturated carbocycles. The molecule has 0 radical (unpaired) electrons. The molecule has 1 rings (SSSR count). The van der Waals surface area contributed by atoms with Crippen LogP contribution in [-0.2, 0) is 4.79 Å². The lowest BCUT2D eigenvalue weighted by Gasteiger charge is -2.08. The third kappa shape index (κ3) is 2.70. The maximum Gasteiger partial charge on any atom is 0.335 e. The third-order valence-corrected chi connectivity index (χ3v) is 1.66. The Bertz CT molecular complexity index is 397. The zero-order valence-corrected chi connectivity index (χ0v) is 8.31. The van der Waals surface area contributed by atoms with Gasteiger partial charge in [-0.05, 0) is 18.2 Å². The molecule has 0 aliphatic heterocycles. The van der Waals surface area contributed by atoms with E-state index in [4.69, 9.17) is 14.6 Å². The number of carbonyl (C=O) groups is 2. The molecule has 0 saturated heterocycles. The fourth-order valence-electron chi connectivity index (χ4n) is 1.04. The number of methoxy groups -OCH3 is 1. The summed E-state index contributed by atoms with van der Waals surface area (Å²) in [7, 11) is 1.41. The number of hydrogen-bond acceptors (Lipinski definition) is 4. The van der Waals surface area contributed by atoms with E-state index in [1.54, 1.807) is 0 Å². The first-order chi connectivity index (χ1) is 7.04. The lowest BCUT2D eigenvalue weighted by molar-refractivity contribution is -0.132. The van der Waals surface area contributed by atoms with Gasteiger partial charge in [-0.2, -0.15) is 0 Å². The lowest BCUT2D eigenvalue weighted by atomic mass is 10.2. The van der Waals surface area contributed by atoms with Crippen LogP contribution in [0.1, 0.15) is 17.3 Å². The largest absolute Gasteiger partial charge is 0.493 e. The highest BCUT2D eigenvalue weighted by Crippen LogP contribution is 2.28. The second-order valence-electron chi connectivity index (χ2n) is 2.76. The molecule has 5 nitrogen and oxygen atoms in total. The van der Waals surface area contributed by atoms with E-state index in [1.807, 2.05) is 0 Å². The fraction of sp³-hybridized carbons (Fsp3) is 0.200. The number of esters is 1. The zero-order chi connectivity index (χ0) is 11.4. The molecule has 0 aliphatic rings. The van der Waals surface area contributed by atoms with Crippen LogP contribution in [0.4, 0.5) is 0 Å². The molecule has 1 aromatic rings. The van der Waals surface area contributed by atoms with Crippen LogP contribution in [0.2, 0.25) is 0 Å². The van der Waals surface area contributed by atoms with E-state index in [9.17, 15) is 9.59 Å². The van der Waals surface area contributed by atoms with Crippen molar-refractivity contribution in [3.63, 3.8) is 0 Å². The van der Waals surface area contributed by atoms with E-state index in [0.29, 0.717) is 5.75 Å². The van der Waals surface area contributed by atoms with Crippen LogP contribution in [0, 0.1) is 0 Å². The van der Waals surface area contributed by atoms with Crippen molar-refractivity contribution in [1.82, 2.24) is 0 Å². The number of benzene rings is 1. The second-order valence-corrected chi connectivity index (χ2v) is 2.76. The number of rotatable bonds is 3. The van der Waals surface area contributed by atoms with Crippen molar-refractivity contribution in [3.8, 4) is 11.5 Å². The van der Waals surface area contributed by atoms with Gasteiger partial charge in [-0.25, -0.2) is 4.79 Å². The van der Waals surface area contributed by atoms with Crippen LogP contribution in [0.25, 0.3) is 0 Å². The maximum absolute atomic E-state index is 10.7. The Balaban J connectivity index is 3.12. The van der Waals surface area contributed by atoms with Gasteiger partial charge < -0.3 is 14.6 Å². The Morgan fingerprint density at radius 1 is 1.27 bits per heavy atom. The van der Waals surface area contributed by atoms with Crippen LogP contribution < -0.4 is 9.47 Å². The highest BCUT2D eigenvalue weighted by atomic mass is 16.6. The number of carboxylic acid groups (broad SMARTS) is 1. The van der Waals surface area contributed by atoms with E-state index < -0.39 is 11.9 Å². The van der Waals surface area contributed by atoms with Crippen molar-refractivity contribution >= 4 is 11.9 Å². The maximum atomic E-state index is 10.7. The van der Waals surface area contributed by atoms with Gasteiger partial charge in [-0.15, -0.1) is 0 Å². The average molecular weight is 210 g/mol. The van der Waals surface area contributed by atoms with Crippen molar-refractivity contribution in [2.75, 3.05) is 7.11 Å². The van der Waals surface area contributed by atoms with E-state index >= 15 is 0 Å². The lowest BCUT2D eigenvalue weighted by Crippen LogP contribution is -2.05. The number of carboxylic acids is 1. The summed E-state index contributed by atoms with van der Waals surface area (Å²) in [5.74, 6) is -1.21. The Kier molecular flexibility index (Phi) is 3.28. The topological polar surface area (TPSA) is 72.8 Å². The van der Waals surface area contributed by atoms with Crippen molar-refractivity contribution in [2.24, 2.45) is 0 Å². The monoisotopic (exact) mass is 210 g/mol. The van der Waals surface area contributed by atoms with E-state index in [1.165, 1.54) is 32.2 Å². The molecule has 0 aromatic heterocycles. The predicted molar refractivity (Wildman–Crippen MR) is 51.3 cm³/mol. The summed E-state index contributed by atoms with van der Waals surface area (Å²) in [5.41, 5.74) is 0.0343. The Morgan fingerprint density at radius 2 is 1.93 bits per heavy atom. The van der Waals surface area contributed by atoms with Gasteiger partial charge in [-0.3, -0.25) is 4.79 Å². The molecule has 0 fully saturated rings. The van der Waals surface area contributed by atoms with Gasteiger partial charge in [0.25, 0.3) is 0 Å². The van der Waals surface area contributed by atoms with E-state index in [2.05, 4.69) is 0 Å². The molecule has 0 bridgehead atoms. The summed E-state index contributed by atoms with van der Waals surface area (Å²) in [4.78, 5) is 21.4. The first kappa shape index (κ1) is 11.0. The Morgan fingerprint density at radius 3 is 2.40 bits per heavy atom. The highest BCUT2D eigenvalue weighted by molar-refractivity contribution is 5.88. The van der Waals surface area contributed by atoms with Gasteiger partial charge in [0.1, 0.15) is 0 Å². The first-order valence-corrected chi connectivity index (χ1v) is 4.14. The molecule has 80 valence electrons.